The molecule has 9 atom stereocenters. The molecule has 1 aromatic rings. The first kappa shape index (κ1) is 38.9. The van der Waals surface area contributed by atoms with Gasteiger partial charge in [-0.1, -0.05) is 57.2 Å². The smallest absolute Gasteiger partial charge is 0.325 e. The summed E-state index contributed by atoms with van der Waals surface area (Å²) in [7, 11) is 0. The van der Waals surface area contributed by atoms with Gasteiger partial charge in [-0.05, 0) is 68.4 Å². The number of allylic oxidation sites excluding steroid dienone is 3. The van der Waals surface area contributed by atoms with Crippen molar-refractivity contribution in [1.29, 1.82) is 0 Å². The number of fused-ring (bicyclic) bond motifs is 4. The summed E-state index contributed by atoms with van der Waals surface area (Å²) < 4.78 is 18.6. The summed E-state index contributed by atoms with van der Waals surface area (Å²) in [5, 5.41) is 17.3. The highest BCUT2D eigenvalue weighted by molar-refractivity contribution is 5.93. The maximum atomic E-state index is 14.2. The Morgan fingerprint density at radius 3 is 2.62 bits per heavy atom. The molecule has 4 N–H and O–H groups in total. The molecular formula is C39H52N4O9. The molecular weight excluding hydrogens is 668 g/mol. The molecule has 4 aliphatic heterocycles. The Labute approximate surface area is 305 Å². The molecule has 0 spiro atoms. The van der Waals surface area contributed by atoms with Gasteiger partial charge in [-0.25, -0.2) is 5.43 Å². The van der Waals surface area contributed by atoms with Crippen LogP contribution >= 0.6 is 0 Å². The molecule has 282 valence electrons. The van der Waals surface area contributed by atoms with Crippen LogP contribution in [0.25, 0.3) is 0 Å². The number of nitrogens with zero attached hydrogens (tertiary/aromatic N) is 1. The van der Waals surface area contributed by atoms with Gasteiger partial charge in [0.05, 0.1) is 18.1 Å². The van der Waals surface area contributed by atoms with Crippen LogP contribution in [0.3, 0.4) is 0 Å². The molecule has 13 heteroatoms. The Kier molecular flexibility index (Phi) is 12.7. The number of hydrogen-bond donors (Lipinski definition) is 4. The van der Waals surface area contributed by atoms with Crippen molar-refractivity contribution in [1.82, 2.24) is 21.1 Å². The number of hydrazine groups is 1. The Morgan fingerprint density at radius 1 is 1.10 bits per heavy atom. The van der Waals surface area contributed by atoms with Gasteiger partial charge in [-0.3, -0.25) is 29.0 Å². The van der Waals surface area contributed by atoms with Gasteiger partial charge >= 0.3 is 5.97 Å². The van der Waals surface area contributed by atoms with Crippen LogP contribution in [0.2, 0.25) is 0 Å². The first-order valence-corrected chi connectivity index (χ1v) is 18.3. The molecule has 0 unspecified atom stereocenters. The Balaban J connectivity index is 1.49. The van der Waals surface area contributed by atoms with Crippen LogP contribution < -0.4 is 16.1 Å². The third kappa shape index (κ3) is 9.36. The molecule has 13 nitrogen and oxygen atoms in total. The van der Waals surface area contributed by atoms with E-state index in [0.29, 0.717) is 49.5 Å². The van der Waals surface area contributed by atoms with E-state index in [2.05, 4.69) is 16.1 Å². The van der Waals surface area contributed by atoms with E-state index in [1.54, 1.807) is 19.1 Å². The van der Waals surface area contributed by atoms with Gasteiger partial charge in [-0.2, -0.15) is 0 Å². The van der Waals surface area contributed by atoms with Gasteiger partial charge in [0.25, 0.3) is 5.91 Å². The van der Waals surface area contributed by atoms with Crippen molar-refractivity contribution >= 4 is 30.0 Å². The fourth-order valence-corrected chi connectivity index (χ4v) is 7.35. The molecule has 0 aromatic heterocycles. The number of aromatic hydroxyl groups is 1. The molecule has 0 radical (unpaired) electrons. The largest absolute Gasteiger partial charge is 0.508 e. The topological polar surface area (TPSA) is 173 Å². The molecule has 0 aliphatic carbocycles. The van der Waals surface area contributed by atoms with Gasteiger partial charge in [0.2, 0.25) is 11.8 Å². The highest BCUT2D eigenvalue weighted by atomic mass is 16.7. The van der Waals surface area contributed by atoms with Crippen molar-refractivity contribution in [2.45, 2.75) is 115 Å². The second kappa shape index (κ2) is 17.0. The molecule has 3 fully saturated rings. The Bertz CT molecular complexity index is 1590. The average molecular weight is 721 g/mol. The number of carbonyl (C=O) groups is 5. The lowest BCUT2D eigenvalue weighted by Gasteiger charge is -2.51. The van der Waals surface area contributed by atoms with E-state index in [1.807, 2.05) is 52.0 Å². The predicted octanol–water partition coefficient (Wildman–Crippen LogP) is 3.18. The summed E-state index contributed by atoms with van der Waals surface area (Å²) in [6.45, 7) is 9.47. The van der Waals surface area contributed by atoms with Crippen LogP contribution in [0.1, 0.15) is 72.3 Å². The maximum absolute atomic E-state index is 14.2. The number of nitrogens with one attached hydrogen (secondary N) is 3. The van der Waals surface area contributed by atoms with Crippen LogP contribution in [0.4, 0.5) is 0 Å². The van der Waals surface area contributed by atoms with Crippen molar-refractivity contribution in [3.63, 3.8) is 0 Å². The van der Waals surface area contributed by atoms with Gasteiger partial charge in [0, 0.05) is 31.7 Å². The summed E-state index contributed by atoms with van der Waals surface area (Å²) in [5.74, 6) is -3.85. The summed E-state index contributed by atoms with van der Waals surface area (Å²) in [5.41, 5.74) is 4.17. The standard InChI is InChI=1S/C39H52N4O9/c1-23(2)33-36(47)40-30(22-26-11-9-12-27(45)21-26)37(48)43-19-10-13-29(42-43)38(49)50-31(24(3)17-20-44)14-7-6-8-15-32-25(4)34-28(35(46)41-33)16-18-39(5,51-32)52-34/h6-9,11-12,15,17,20-21,23,25,28-34,42,45H,10,13-14,16,18-19,22H2,1-5H3,(H,40,47)(H,41,46)/b7-6+,15-8+,24-17+/t25-,28-,29+,30-,31+,32+,33+,34-,39-/m1/s1. The Morgan fingerprint density at radius 2 is 1.88 bits per heavy atom. The number of carbonyl (C=O) groups excluding carboxylic acids is 5. The van der Waals surface area contributed by atoms with E-state index in [4.69, 9.17) is 14.2 Å². The van der Waals surface area contributed by atoms with Gasteiger partial charge in [-0.15, -0.1) is 0 Å². The van der Waals surface area contributed by atoms with Crippen molar-refractivity contribution in [2.24, 2.45) is 17.8 Å². The Hall–Kier alpha value is -4.33. The number of amides is 3. The average Bonchev–Trinajstić information content (AvgIpc) is 3.10. The van der Waals surface area contributed by atoms with Crippen LogP contribution in [0.15, 0.2) is 60.2 Å². The van der Waals surface area contributed by atoms with Gasteiger partial charge < -0.3 is 30.0 Å². The van der Waals surface area contributed by atoms with E-state index in [0.717, 1.165) is 0 Å². The van der Waals surface area contributed by atoms with Gasteiger partial charge in [0.15, 0.2) is 5.79 Å². The molecule has 3 saturated heterocycles. The number of aldehydes is 1. The second-order valence-electron chi connectivity index (χ2n) is 14.8. The quantitative estimate of drug-likeness (QED) is 0.201. The number of hydrogen-bond acceptors (Lipinski definition) is 10. The SMILES string of the molecule is C/C(=C\C=O)[C@@H]1C/C=C/C=C/[C@@H]2O[C@@]3(C)CC[C@@H](C(=O)N[C@@H](C(C)C)C(=O)N[C@H](Cc4cccc(O)c4)C(=O)N4CCC[C@H](N4)C(=O)O1)[C@H](O3)[C@@H]2C. The number of rotatable bonds is 5. The van der Waals surface area contributed by atoms with Crippen LogP contribution in [0, 0.1) is 17.8 Å². The minimum atomic E-state index is -1.11. The number of phenols is 1. The lowest BCUT2D eigenvalue weighted by atomic mass is 9.79. The normalized spacial score (nSPS) is 35.0. The summed E-state index contributed by atoms with van der Waals surface area (Å²) in [4.78, 5) is 67.1. The molecule has 0 saturated carbocycles. The zero-order chi connectivity index (χ0) is 37.6. The molecule has 5 bridgehead atoms. The zero-order valence-electron chi connectivity index (χ0n) is 30.6. The molecule has 4 heterocycles. The van der Waals surface area contributed by atoms with E-state index in [9.17, 15) is 29.1 Å². The third-order valence-electron chi connectivity index (χ3n) is 10.4. The molecule has 3 amide bonds. The van der Waals surface area contributed by atoms with Crippen molar-refractivity contribution in [2.75, 3.05) is 6.54 Å². The molecule has 5 rings (SSSR count). The predicted molar refractivity (Wildman–Crippen MR) is 191 cm³/mol. The number of ether oxygens (including phenoxy) is 3. The second-order valence-corrected chi connectivity index (χ2v) is 14.8. The number of cyclic esters (lactones) is 1. The van der Waals surface area contributed by atoms with Crippen LogP contribution in [0.5, 0.6) is 5.75 Å². The minimum absolute atomic E-state index is 0.00936. The van der Waals surface area contributed by atoms with E-state index in [1.165, 1.54) is 23.2 Å². The lowest BCUT2D eigenvalue weighted by Crippen LogP contribution is -2.63. The summed E-state index contributed by atoms with van der Waals surface area (Å²) >= 11 is 0. The van der Waals surface area contributed by atoms with Gasteiger partial charge in [0.1, 0.15) is 36.3 Å². The van der Waals surface area contributed by atoms with E-state index in [-0.39, 0.29) is 42.6 Å². The van der Waals surface area contributed by atoms with E-state index >= 15 is 0 Å². The highest BCUT2D eigenvalue weighted by Crippen LogP contribution is 2.44. The molecule has 4 aliphatic rings. The minimum Gasteiger partial charge on any atom is -0.508 e. The maximum Gasteiger partial charge on any atom is 0.325 e. The zero-order valence-corrected chi connectivity index (χ0v) is 30.6. The summed E-state index contributed by atoms with van der Waals surface area (Å²) in [6.07, 6.45) is 10.1. The van der Waals surface area contributed by atoms with Crippen molar-refractivity contribution in [3.8, 4) is 5.75 Å². The number of phenolic OH excluding ortho intramolecular Hbond substituents is 1. The van der Waals surface area contributed by atoms with Crippen molar-refractivity contribution < 1.29 is 43.3 Å². The number of benzene rings is 1. The van der Waals surface area contributed by atoms with Crippen LogP contribution in [-0.4, -0.2) is 88.9 Å². The fourth-order valence-electron chi connectivity index (χ4n) is 7.35. The summed E-state index contributed by atoms with van der Waals surface area (Å²) in [6, 6.07) is 3.49. The lowest BCUT2D eigenvalue weighted by molar-refractivity contribution is -0.344. The molecule has 52 heavy (non-hydrogen) atoms. The fraction of sp³-hybridized carbons (Fsp3) is 0.564. The van der Waals surface area contributed by atoms with Crippen LogP contribution in [-0.2, 0) is 44.6 Å². The first-order valence-electron chi connectivity index (χ1n) is 18.3. The number of esters is 1. The first-order chi connectivity index (χ1) is 24.8. The highest BCUT2D eigenvalue weighted by Gasteiger charge is 2.51. The molecule has 1 aromatic carbocycles. The third-order valence-corrected chi connectivity index (χ3v) is 10.4. The van der Waals surface area contributed by atoms with E-state index < -0.39 is 59.8 Å². The van der Waals surface area contributed by atoms with Crippen molar-refractivity contribution in [3.05, 3.63) is 65.8 Å². The monoisotopic (exact) mass is 720 g/mol.